The lowest BCUT2D eigenvalue weighted by molar-refractivity contribution is 0.116. The summed E-state index contributed by atoms with van der Waals surface area (Å²) in [5, 5.41) is 0. The highest BCUT2D eigenvalue weighted by Crippen LogP contribution is 2.20. The molecule has 1 fully saturated rings. The normalized spacial score (nSPS) is 30.8. The number of nitrogens with two attached hydrogens (primary N) is 1. The van der Waals surface area contributed by atoms with Crippen LogP contribution in [-0.2, 0) is 0 Å². The molecule has 0 bridgehead atoms. The third-order valence-electron chi connectivity index (χ3n) is 3.79. The van der Waals surface area contributed by atoms with Crippen LogP contribution in [0.1, 0.15) is 47.0 Å². The van der Waals surface area contributed by atoms with Crippen molar-refractivity contribution in [2.24, 2.45) is 17.6 Å². The van der Waals surface area contributed by atoms with Crippen molar-refractivity contribution in [3.05, 3.63) is 0 Å². The zero-order valence-corrected chi connectivity index (χ0v) is 10.9. The minimum absolute atomic E-state index is 0.429. The predicted molar refractivity (Wildman–Crippen MR) is 66.9 cm³/mol. The molecule has 1 aliphatic heterocycles. The minimum atomic E-state index is 0.429. The van der Waals surface area contributed by atoms with Crippen molar-refractivity contribution in [3.8, 4) is 0 Å². The lowest BCUT2D eigenvalue weighted by Gasteiger charge is -2.39. The molecule has 2 nitrogen and oxygen atoms in total. The number of hydrogen-bond acceptors (Lipinski definition) is 2. The second-order valence-electron chi connectivity index (χ2n) is 5.74. The van der Waals surface area contributed by atoms with Crippen LogP contribution in [0.2, 0.25) is 0 Å². The molecule has 2 heteroatoms. The van der Waals surface area contributed by atoms with Gasteiger partial charge in [0.1, 0.15) is 0 Å². The zero-order valence-electron chi connectivity index (χ0n) is 10.9. The molecule has 0 aromatic rings. The lowest BCUT2D eigenvalue weighted by Crippen LogP contribution is -2.49. The largest absolute Gasteiger partial charge is 0.327 e. The predicted octanol–water partition coefficient (Wildman–Crippen LogP) is 2.48. The van der Waals surface area contributed by atoms with Gasteiger partial charge in [-0.25, -0.2) is 0 Å². The third-order valence-corrected chi connectivity index (χ3v) is 3.79. The molecule has 1 saturated heterocycles. The molecular formula is C13H28N2. The first-order valence-electron chi connectivity index (χ1n) is 6.50. The fourth-order valence-corrected chi connectivity index (χ4v) is 2.35. The molecule has 0 aliphatic carbocycles. The Balaban J connectivity index is 2.30. The van der Waals surface area contributed by atoms with Gasteiger partial charge in [0.25, 0.3) is 0 Å². The van der Waals surface area contributed by atoms with E-state index in [0.717, 1.165) is 12.0 Å². The van der Waals surface area contributed by atoms with E-state index in [1.807, 2.05) is 0 Å². The fraction of sp³-hybridized carbons (Fsp3) is 1.00. The molecule has 3 unspecified atom stereocenters. The molecule has 2 N–H and O–H groups in total. The van der Waals surface area contributed by atoms with Crippen molar-refractivity contribution < 1.29 is 0 Å². The van der Waals surface area contributed by atoms with Gasteiger partial charge in [0, 0.05) is 18.6 Å². The molecule has 0 aromatic heterocycles. The van der Waals surface area contributed by atoms with Crippen molar-refractivity contribution in [2.45, 2.75) is 59.0 Å². The minimum Gasteiger partial charge on any atom is -0.327 e. The highest BCUT2D eigenvalue weighted by Gasteiger charge is 2.25. The van der Waals surface area contributed by atoms with E-state index in [0.29, 0.717) is 12.0 Å². The van der Waals surface area contributed by atoms with Crippen LogP contribution in [-0.4, -0.2) is 30.1 Å². The Kier molecular flexibility index (Phi) is 5.07. The molecule has 1 heterocycles. The fourth-order valence-electron chi connectivity index (χ4n) is 2.35. The quantitative estimate of drug-likeness (QED) is 0.776. The van der Waals surface area contributed by atoms with Crippen molar-refractivity contribution in [3.63, 3.8) is 0 Å². The van der Waals surface area contributed by atoms with Crippen molar-refractivity contribution in [1.82, 2.24) is 4.90 Å². The second kappa shape index (κ2) is 5.86. The molecule has 0 saturated carbocycles. The van der Waals surface area contributed by atoms with Gasteiger partial charge in [-0.15, -0.1) is 0 Å². The zero-order chi connectivity index (χ0) is 11.4. The summed E-state index contributed by atoms with van der Waals surface area (Å²) in [6.45, 7) is 11.7. The van der Waals surface area contributed by atoms with Crippen LogP contribution in [0.15, 0.2) is 0 Å². The van der Waals surface area contributed by atoms with Crippen molar-refractivity contribution in [1.29, 1.82) is 0 Å². The summed E-state index contributed by atoms with van der Waals surface area (Å²) in [5.41, 5.74) is 6.04. The van der Waals surface area contributed by atoms with E-state index in [4.69, 9.17) is 5.73 Å². The summed E-state index contributed by atoms with van der Waals surface area (Å²) < 4.78 is 0. The smallest absolute Gasteiger partial charge is 0.00889 e. The summed E-state index contributed by atoms with van der Waals surface area (Å²) in [5.74, 6) is 1.50. The number of piperidine rings is 1. The van der Waals surface area contributed by atoms with E-state index in [1.165, 1.54) is 32.4 Å². The molecule has 15 heavy (non-hydrogen) atoms. The number of nitrogens with zero attached hydrogens (tertiary/aromatic N) is 1. The monoisotopic (exact) mass is 212 g/mol. The van der Waals surface area contributed by atoms with E-state index < -0.39 is 0 Å². The highest BCUT2D eigenvalue weighted by molar-refractivity contribution is 4.82. The van der Waals surface area contributed by atoms with Gasteiger partial charge < -0.3 is 10.6 Å². The van der Waals surface area contributed by atoms with Crippen LogP contribution in [0.3, 0.4) is 0 Å². The van der Waals surface area contributed by atoms with Gasteiger partial charge >= 0.3 is 0 Å². The molecular weight excluding hydrogens is 184 g/mol. The maximum Gasteiger partial charge on any atom is 0.00889 e. The van der Waals surface area contributed by atoms with Crippen LogP contribution in [0.4, 0.5) is 0 Å². The maximum absolute atomic E-state index is 6.04. The maximum atomic E-state index is 6.04. The van der Waals surface area contributed by atoms with Gasteiger partial charge in [0.2, 0.25) is 0 Å². The molecule has 3 atom stereocenters. The average molecular weight is 212 g/mol. The van der Waals surface area contributed by atoms with Crippen LogP contribution in [0, 0.1) is 11.8 Å². The van der Waals surface area contributed by atoms with E-state index >= 15 is 0 Å². The SMILES string of the molecule is CC(C)CCC(C)N1CCC(N)C(C)C1. The Morgan fingerprint density at radius 1 is 1.27 bits per heavy atom. The first-order valence-corrected chi connectivity index (χ1v) is 6.50. The number of hydrogen-bond donors (Lipinski definition) is 1. The van der Waals surface area contributed by atoms with Crippen LogP contribution in [0.5, 0.6) is 0 Å². The first-order chi connectivity index (χ1) is 7.00. The van der Waals surface area contributed by atoms with Gasteiger partial charge in [0.15, 0.2) is 0 Å². The van der Waals surface area contributed by atoms with E-state index in [9.17, 15) is 0 Å². The third kappa shape index (κ3) is 4.12. The van der Waals surface area contributed by atoms with Gasteiger partial charge in [-0.2, -0.15) is 0 Å². The molecule has 0 radical (unpaired) electrons. The van der Waals surface area contributed by atoms with Crippen LogP contribution in [0.25, 0.3) is 0 Å². The Morgan fingerprint density at radius 2 is 1.93 bits per heavy atom. The lowest BCUT2D eigenvalue weighted by atomic mass is 9.92. The van der Waals surface area contributed by atoms with Crippen molar-refractivity contribution in [2.75, 3.05) is 13.1 Å². The van der Waals surface area contributed by atoms with Crippen LogP contribution < -0.4 is 5.73 Å². The number of rotatable bonds is 4. The van der Waals surface area contributed by atoms with Gasteiger partial charge in [-0.1, -0.05) is 20.8 Å². The van der Waals surface area contributed by atoms with E-state index in [-0.39, 0.29) is 0 Å². The Labute approximate surface area is 95.2 Å². The highest BCUT2D eigenvalue weighted by atomic mass is 15.2. The van der Waals surface area contributed by atoms with E-state index in [1.54, 1.807) is 0 Å². The van der Waals surface area contributed by atoms with E-state index in [2.05, 4.69) is 32.6 Å². The topological polar surface area (TPSA) is 29.3 Å². The Hall–Kier alpha value is -0.0800. The Bertz CT molecular complexity index is 179. The molecule has 1 aliphatic rings. The van der Waals surface area contributed by atoms with Crippen molar-refractivity contribution >= 4 is 0 Å². The summed E-state index contributed by atoms with van der Waals surface area (Å²) in [6.07, 6.45) is 3.85. The number of likely N-dealkylation sites (tertiary alicyclic amines) is 1. The van der Waals surface area contributed by atoms with Gasteiger partial charge in [-0.3, -0.25) is 0 Å². The Morgan fingerprint density at radius 3 is 2.47 bits per heavy atom. The first kappa shape index (κ1) is 13.0. The summed E-state index contributed by atoms with van der Waals surface area (Å²) in [6, 6.07) is 1.17. The average Bonchev–Trinajstić information content (AvgIpc) is 2.18. The molecule has 90 valence electrons. The van der Waals surface area contributed by atoms with Crippen LogP contribution >= 0.6 is 0 Å². The van der Waals surface area contributed by atoms with Gasteiger partial charge in [-0.05, 0) is 44.6 Å². The second-order valence-corrected chi connectivity index (χ2v) is 5.74. The molecule has 0 aromatic carbocycles. The standard InChI is InChI=1S/C13H28N2/c1-10(2)5-6-12(4)15-8-7-13(14)11(3)9-15/h10-13H,5-9,14H2,1-4H3. The summed E-state index contributed by atoms with van der Waals surface area (Å²) in [4.78, 5) is 2.62. The summed E-state index contributed by atoms with van der Waals surface area (Å²) in [7, 11) is 0. The molecule has 0 spiro atoms. The molecule has 0 amide bonds. The summed E-state index contributed by atoms with van der Waals surface area (Å²) >= 11 is 0. The molecule has 1 rings (SSSR count). The van der Waals surface area contributed by atoms with Gasteiger partial charge in [0.05, 0.1) is 0 Å².